The Morgan fingerprint density at radius 2 is 1.65 bits per heavy atom. The number of benzene rings is 1. The van der Waals surface area contributed by atoms with Crippen molar-refractivity contribution < 1.29 is 28.5 Å². The molecule has 142 valence electrons. The van der Waals surface area contributed by atoms with E-state index in [0.717, 1.165) is 0 Å². The molecule has 1 N–H and O–H groups in total. The van der Waals surface area contributed by atoms with Gasteiger partial charge in [-0.1, -0.05) is 17.7 Å². The van der Waals surface area contributed by atoms with Gasteiger partial charge < -0.3 is 29.0 Å². The van der Waals surface area contributed by atoms with Gasteiger partial charge in [0.25, 0.3) is 5.91 Å². The summed E-state index contributed by atoms with van der Waals surface area (Å²) in [6.45, 7) is 7.19. The molecular formula is C18H22ClNO6. The van der Waals surface area contributed by atoms with Gasteiger partial charge in [-0.2, -0.15) is 0 Å². The van der Waals surface area contributed by atoms with Crippen molar-refractivity contribution in [3.63, 3.8) is 0 Å². The molecule has 3 saturated heterocycles. The van der Waals surface area contributed by atoms with E-state index in [1.165, 1.54) is 0 Å². The second kappa shape index (κ2) is 6.15. The summed E-state index contributed by atoms with van der Waals surface area (Å²) >= 11 is 5.98. The maximum Gasteiger partial charge on any atom is 0.256 e. The average molecular weight is 384 g/mol. The summed E-state index contributed by atoms with van der Waals surface area (Å²) in [6.07, 6.45) is -3.16. The molecule has 1 amide bonds. The van der Waals surface area contributed by atoms with Gasteiger partial charge in [0.2, 0.25) is 0 Å². The fraction of sp³-hybridized carbons (Fsp3) is 0.611. The first-order valence-electron chi connectivity index (χ1n) is 8.57. The number of nitrogens with one attached hydrogen (secondary N) is 1. The van der Waals surface area contributed by atoms with Gasteiger partial charge in [-0.15, -0.1) is 0 Å². The number of carbonyl (C=O) groups is 1. The Balaban J connectivity index is 1.58. The van der Waals surface area contributed by atoms with Crippen LogP contribution in [0.3, 0.4) is 0 Å². The number of carbonyl (C=O) groups excluding carboxylic acids is 1. The van der Waals surface area contributed by atoms with E-state index in [-0.39, 0.29) is 5.91 Å². The number of fused-ring (bicyclic) bond motifs is 3. The second-order valence-corrected chi connectivity index (χ2v) is 8.03. The first-order chi connectivity index (χ1) is 12.1. The van der Waals surface area contributed by atoms with E-state index in [0.29, 0.717) is 10.7 Å². The Morgan fingerprint density at radius 1 is 1.00 bits per heavy atom. The smallest absolute Gasteiger partial charge is 0.256 e. The standard InChI is InChI=1S/C18H22ClNO6/c1-17(2)23-11-12(24-17)14-16(26-18(3,4)25-14)22-13(11)15(21)20-10-7-5-6-9(19)8-10/h5-8,11-14,16H,1-4H3,(H,20,21)/t11-,12+,13+,14+,16+/m1/s1. The van der Waals surface area contributed by atoms with E-state index < -0.39 is 42.3 Å². The SMILES string of the molecule is CC1(C)O[C@@H]2O[C@H](C(=O)Nc3cccc(Cl)c3)[C@@H]3OC(C)(C)O[C@@H]3[C@@H]2O1. The monoisotopic (exact) mass is 383 g/mol. The van der Waals surface area contributed by atoms with Gasteiger partial charge in [0, 0.05) is 10.7 Å². The van der Waals surface area contributed by atoms with E-state index in [1.807, 2.05) is 0 Å². The van der Waals surface area contributed by atoms with Crippen molar-refractivity contribution in [3.8, 4) is 0 Å². The highest BCUT2D eigenvalue weighted by Gasteiger charge is 2.62. The molecule has 1 aromatic carbocycles. The molecule has 5 atom stereocenters. The van der Waals surface area contributed by atoms with Gasteiger partial charge in [0.05, 0.1) is 0 Å². The Bertz CT molecular complexity index is 723. The minimum absolute atomic E-state index is 0.352. The molecule has 0 bridgehead atoms. The van der Waals surface area contributed by atoms with Crippen LogP contribution in [0.25, 0.3) is 0 Å². The number of hydrogen-bond acceptors (Lipinski definition) is 6. The highest BCUT2D eigenvalue weighted by Crippen LogP contribution is 2.44. The van der Waals surface area contributed by atoms with Crippen LogP contribution in [0.2, 0.25) is 5.02 Å². The van der Waals surface area contributed by atoms with Crippen LogP contribution in [0.15, 0.2) is 24.3 Å². The van der Waals surface area contributed by atoms with Crippen molar-refractivity contribution in [1.82, 2.24) is 0 Å². The normalized spacial score (nSPS) is 37.0. The highest BCUT2D eigenvalue weighted by atomic mass is 35.5. The van der Waals surface area contributed by atoms with Gasteiger partial charge in [0.1, 0.15) is 18.3 Å². The molecule has 3 heterocycles. The van der Waals surface area contributed by atoms with Crippen LogP contribution in [0.1, 0.15) is 27.7 Å². The lowest BCUT2D eigenvalue weighted by Gasteiger charge is -2.36. The molecule has 0 aromatic heterocycles. The predicted octanol–water partition coefficient (Wildman–Crippen LogP) is 2.68. The van der Waals surface area contributed by atoms with E-state index in [9.17, 15) is 4.79 Å². The number of amides is 1. The molecular weight excluding hydrogens is 362 g/mol. The van der Waals surface area contributed by atoms with Crippen LogP contribution >= 0.6 is 11.6 Å². The van der Waals surface area contributed by atoms with Crippen molar-refractivity contribution in [2.24, 2.45) is 0 Å². The summed E-state index contributed by atoms with van der Waals surface area (Å²) in [4.78, 5) is 12.9. The quantitative estimate of drug-likeness (QED) is 0.846. The number of rotatable bonds is 2. The molecule has 0 unspecified atom stereocenters. The van der Waals surface area contributed by atoms with E-state index in [2.05, 4.69) is 5.32 Å². The summed E-state index contributed by atoms with van der Waals surface area (Å²) in [5, 5.41) is 3.34. The fourth-order valence-electron chi connectivity index (χ4n) is 3.60. The second-order valence-electron chi connectivity index (χ2n) is 7.59. The maximum absolute atomic E-state index is 12.9. The summed E-state index contributed by atoms with van der Waals surface area (Å²) < 4.78 is 29.6. The zero-order valence-electron chi connectivity index (χ0n) is 15.0. The zero-order chi connectivity index (χ0) is 18.7. The largest absolute Gasteiger partial charge is 0.342 e. The average Bonchev–Trinajstić information content (AvgIpc) is 3.00. The van der Waals surface area contributed by atoms with Gasteiger partial charge in [0.15, 0.2) is 24.0 Å². The van der Waals surface area contributed by atoms with Crippen molar-refractivity contribution >= 4 is 23.2 Å². The fourth-order valence-corrected chi connectivity index (χ4v) is 3.79. The highest BCUT2D eigenvalue weighted by molar-refractivity contribution is 6.30. The molecule has 7 nitrogen and oxygen atoms in total. The Hall–Kier alpha value is -1.22. The topological polar surface area (TPSA) is 75.3 Å². The van der Waals surface area contributed by atoms with Crippen molar-refractivity contribution in [2.75, 3.05) is 5.32 Å². The molecule has 3 aliphatic heterocycles. The molecule has 26 heavy (non-hydrogen) atoms. The van der Waals surface area contributed by atoms with Crippen LogP contribution in [0.5, 0.6) is 0 Å². The number of halogens is 1. The molecule has 0 saturated carbocycles. The molecule has 8 heteroatoms. The predicted molar refractivity (Wildman–Crippen MR) is 92.6 cm³/mol. The molecule has 3 fully saturated rings. The van der Waals surface area contributed by atoms with Crippen LogP contribution < -0.4 is 5.32 Å². The summed E-state index contributed by atoms with van der Waals surface area (Å²) in [6, 6.07) is 6.91. The Morgan fingerprint density at radius 3 is 2.38 bits per heavy atom. The lowest BCUT2D eigenvalue weighted by molar-refractivity contribution is -0.229. The molecule has 1 aromatic rings. The van der Waals surface area contributed by atoms with Gasteiger partial charge in [-0.25, -0.2) is 0 Å². The van der Waals surface area contributed by atoms with Crippen molar-refractivity contribution in [2.45, 2.75) is 70.0 Å². The zero-order valence-corrected chi connectivity index (χ0v) is 15.8. The van der Waals surface area contributed by atoms with Gasteiger partial charge in [-0.3, -0.25) is 4.79 Å². The van der Waals surface area contributed by atoms with Crippen LogP contribution in [0.4, 0.5) is 5.69 Å². The van der Waals surface area contributed by atoms with Crippen LogP contribution in [-0.2, 0) is 28.5 Å². The molecule has 0 spiro atoms. The molecule has 0 radical (unpaired) electrons. The lowest BCUT2D eigenvalue weighted by atomic mass is 9.98. The molecule has 3 aliphatic rings. The summed E-state index contributed by atoms with van der Waals surface area (Å²) in [7, 11) is 0. The summed E-state index contributed by atoms with van der Waals surface area (Å²) in [5.41, 5.74) is 0.576. The third-order valence-corrected chi connectivity index (χ3v) is 4.74. The minimum atomic E-state index is -0.903. The maximum atomic E-state index is 12.9. The Kier molecular flexibility index (Phi) is 4.30. The van der Waals surface area contributed by atoms with Crippen LogP contribution in [0, 0.1) is 0 Å². The lowest BCUT2D eigenvalue weighted by Crippen LogP contribution is -2.58. The Labute approximate surface area is 156 Å². The number of ether oxygens (including phenoxy) is 5. The van der Waals surface area contributed by atoms with Crippen molar-refractivity contribution in [3.05, 3.63) is 29.3 Å². The molecule has 0 aliphatic carbocycles. The molecule has 4 rings (SSSR count). The van der Waals surface area contributed by atoms with Gasteiger partial charge >= 0.3 is 0 Å². The van der Waals surface area contributed by atoms with E-state index in [4.69, 9.17) is 35.3 Å². The third kappa shape index (κ3) is 3.35. The third-order valence-electron chi connectivity index (χ3n) is 4.51. The first kappa shape index (κ1) is 18.2. The first-order valence-corrected chi connectivity index (χ1v) is 8.95. The van der Waals surface area contributed by atoms with Crippen molar-refractivity contribution in [1.29, 1.82) is 0 Å². The van der Waals surface area contributed by atoms with E-state index in [1.54, 1.807) is 52.0 Å². The number of hydrogen-bond donors (Lipinski definition) is 1. The number of anilines is 1. The minimum Gasteiger partial charge on any atom is -0.342 e. The van der Waals surface area contributed by atoms with Crippen LogP contribution in [-0.4, -0.2) is 48.2 Å². The van der Waals surface area contributed by atoms with E-state index >= 15 is 0 Å². The summed E-state index contributed by atoms with van der Waals surface area (Å²) in [5.74, 6) is -2.03. The van der Waals surface area contributed by atoms with Gasteiger partial charge in [-0.05, 0) is 45.9 Å².